The third-order valence-electron chi connectivity index (χ3n) is 2.79. The summed E-state index contributed by atoms with van der Waals surface area (Å²) < 4.78 is 28.9. The average molecular weight is 309 g/mol. The summed E-state index contributed by atoms with van der Waals surface area (Å²) in [5.74, 6) is -1.14. The highest BCUT2D eigenvalue weighted by Gasteiger charge is 2.43. The van der Waals surface area contributed by atoms with Crippen molar-refractivity contribution < 1.29 is 27.9 Å². The molecular weight excluding hydrogens is 290 g/mol. The Morgan fingerprint density at radius 3 is 2.55 bits per heavy atom. The topological polar surface area (TPSA) is 134 Å². The first kappa shape index (κ1) is 16.7. The normalized spacial score (nSPS) is 22.4. The van der Waals surface area contributed by atoms with Crippen LogP contribution in [0.4, 0.5) is 4.79 Å². The standard InChI is InChI=1S/C10H19N3O6S/c1-20(17,18)12-5-2-4-11-9(16)13-10(8(14)15)3-6-19-7-10/h12H,2-7H2,1H3,(H,14,15)(H2,11,13,16). The molecule has 116 valence electrons. The van der Waals surface area contributed by atoms with Gasteiger partial charge in [0.05, 0.1) is 12.9 Å². The quantitative estimate of drug-likeness (QED) is 0.421. The van der Waals surface area contributed by atoms with Gasteiger partial charge in [-0.2, -0.15) is 0 Å². The van der Waals surface area contributed by atoms with Crippen LogP contribution in [0.3, 0.4) is 0 Å². The predicted octanol–water partition coefficient (Wildman–Crippen LogP) is -1.53. The number of carbonyl (C=O) groups excluding carboxylic acids is 1. The summed E-state index contributed by atoms with van der Waals surface area (Å²) in [7, 11) is -3.24. The molecule has 1 fully saturated rings. The fourth-order valence-corrected chi connectivity index (χ4v) is 2.21. The van der Waals surface area contributed by atoms with Crippen LogP contribution in [-0.4, -0.2) is 63.6 Å². The van der Waals surface area contributed by atoms with E-state index < -0.39 is 27.6 Å². The zero-order valence-corrected chi connectivity index (χ0v) is 12.0. The molecule has 10 heteroatoms. The van der Waals surface area contributed by atoms with Crippen molar-refractivity contribution >= 4 is 22.0 Å². The molecule has 0 saturated carbocycles. The lowest BCUT2D eigenvalue weighted by Crippen LogP contribution is -2.57. The van der Waals surface area contributed by atoms with Crippen LogP contribution in [0.1, 0.15) is 12.8 Å². The number of aliphatic carboxylic acids is 1. The predicted molar refractivity (Wildman–Crippen MR) is 69.8 cm³/mol. The Labute approximate surface area is 117 Å². The van der Waals surface area contributed by atoms with Gasteiger partial charge in [-0.3, -0.25) is 0 Å². The van der Waals surface area contributed by atoms with Crippen LogP contribution >= 0.6 is 0 Å². The largest absolute Gasteiger partial charge is 0.479 e. The minimum atomic E-state index is -3.24. The Morgan fingerprint density at radius 1 is 1.35 bits per heavy atom. The second-order valence-electron chi connectivity index (χ2n) is 4.59. The molecule has 0 aromatic rings. The monoisotopic (exact) mass is 309 g/mol. The molecule has 0 aromatic carbocycles. The zero-order valence-electron chi connectivity index (χ0n) is 11.1. The Hall–Kier alpha value is -1.39. The van der Waals surface area contributed by atoms with Gasteiger partial charge in [0.15, 0.2) is 5.54 Å². The number of urea groups is 1. The minimum Gasteiger partial charge on any atom is -0.479 e. The molecule has 1 aliphatic rings. The number of nitrogens with one attached hydrogen (secondary N) is 3. The number of carboxylic acid groups (broad SMARTS) is 1. The van der Waals surface area contributed by atoms with Crippen LogP contribution in [0.2, 0.25) is 0 Å². The fourth-order valence-electron chi connectivity index (χ4n) is 1.70. The Balaban J connectivity index is 2.28. The molecule has 20 heavy (non-hydrogen) atoms. The van der Waals surface area contributed by atoms with Crippen molar-refractivity contribution in [2.24, 2.45) is 0 Å². The van der Waals surface area contributed by atoms with E-state index in [9.17, 15) is 18.0 Å². The molecule has 0 aliphatic carbocycles. The molecule has 1 atom stereocenters. The summed E-state index contributed by atoms with van der Waals surface area (Å²) in [6.07, 6.45) is 1.66. The van der Waals surface area contributed by atoms with Crippen LogP contribution in [0.25, 0.3) is 0 Å². The maximum atomic E-state index is 11.6. The SMILES string of the molecule is CS(=O)(=O)NCCCNC(=O)NC1(C(=O)O)CCOC1. The second kappa shape index (κ2) is 6.86. The van der Waals surface area contributed by atoms with Gasteiger partial charge in [-0.05, 0) is 6.42 Å². The van der Waals surface area contributed by atoms with E-state index in [4.69, 9.17) is 9.84 Å². The molecule has 1 heterocycles. The molecule has 1 rings (SSSR count). The second-order valence-corrected chi connectivity index (χ2v) is 6.42. The van der Waals surface area contributed by atoms with Gasteiger partial charge in [0.25, 0.3) is 0 Å². The van der Waals surface area contributed by atoms with E-state index in [1.54, 1.807) is 0 Å². The number of hydrogen-bond acceptors (Lipinski definition) is 5. The van der Waals surface area contributed by atoms with Crippen molar-refractivity contribution in [3.63, 3.8) is 0 Å². The van der Waals surface area contributed by atoms with Gasteiger partial charge in [-0.15, -0.1) is 0 Å². The Morgan fingerprint density at radius 2 is 2.05 bits per heavy atom. The van der Waals surface area contributed by atoms with Crippen LogP contribution in [0, 0.1) is 0 Å². The first-order chi connectivity index (χ1) is 9.25. The molecule has 0 radical (unpaired) electrons. The van der Waals surface area contributed by atoms with E-state index in [0.717, 1.165) is 6.26 Å². The summed E-state index contributed by atoms with van der Waals surface area (Å²) >= 11 is 0. The highest BCUT2D eigenvalue weighted by molar-refractivity contribution is 7.88. The van der Waals surface area contributed by atoms with Gasteiger partial charge in [0.1, 0.15) is 0 Å². The van der Waals surface area contributed by atoms with E-state index in [2.05, 4.69) is 15.4 Å². The zero-order chi connectivity index (χ0) is 15.2. The lowest BCUT2D eigenvalue weighted by Gasteiger charge is -2.23. The fraction of sp³-hybridized carbons (Fsp3) is 0.800. The summed E-state index contributed by atoms with van der Waals surface area (Å²) in [4.78, 5) is 22.7. The third-order valence-corrected chi connectivity index (χ3v) is 3.52. The average Bonchev–Trinajstić information content (AvgIpc) is 2.76. The number of hydrogen-bond donors (Lipinski definition) is 4. The minimum absolute atomic E-state index is 0.0641. The van der Waals surface area contributed by atoms with Gasteiger partial charge in [0.2, 0.25) is 10.0 Å². The molecule has 1 unspecified atom stereocenters. The van der Waals surface area contributed by atoms with Crippen LogP contribution in [0.5, 0.6) is 0 Å². The highest BCUT2D eigenvalue weighted by atomic mass is 32.2. The first-order valence-electron chi connectivity index (χ1n) is 6.07. The lowest BCUT2D eigenvalue weighted by atomic mass is 9.99. The summed E-state index contributed by atoms with van der Waals surface area (Å²) in [6.45, 7) is 0.646. The molecule has 1 saturated heterocycles. The van der Waals surface area contributed by atoms with Crippen LogP contribution in [0.15, 0.2) is 0 Å². The van der Waals surface area contributed by atoms with Crippen molar-refractivity contribution in [1.82, 2.24) is 15.4 Å². The van der Waals surface area contributed by atoms with Crippen molar-refractivity contribution in [3.05, 3.63) is 0 Å². The van der Waals surface area contributed by atoms with E-state index in [0.29, 0.717) is 6.42 Å². The van der Waals surface area contributed by atoms with E-state index in [1.807, 2.05) is 0 Å². The third kappa shape index (κ3) is 5.31. The smallest absolute Gasteiger partial charge is 0.332 e. The number of amides is 2. The summed E-state index contributed by atoms with van der Waals surface area (Å²) in [5.41, 5.74) is -1.38. The molecule has 0 spiro atoms. The number of sulfonamides is 1. The first-order valence-corrected chi connectivity index (χ1v) is 7.96. The van der Waals surface area contributed by atoms with Crippen LogP contribution in [-0.2, 0) is 19.6 Å². The molecule has 9 nitrogen and oxygen atoms in total. The van der Waals surface area contributed by atoms with Crippen molar-refractivity contribution in [2.75, 3.05) is 32.6 Å². The van der Waals surface area contributed by atoms with Crippen molar-refractivity contribution in [1.29, 1.82) is 0 Å². The molecule has 4 N–H and O–H groups in total. The van der Waals surface area contributed by atoms with Gasteiger partial charge in [-0.25, -0.2) is 22.7 Å². The van der Waals surface area contributed by atoms with Gasteiger partial charge < -0.3 is 20.5 Å². The summed E-state index contributed by atoms with van der Waals surface area (Å²) in [5, 5.41) is 14.0. The Kier molecular flexibility index (Phi) is 5.72. The van der Waals surface area contributed by atoms with E-state index in [-0.39, 0.29) is 32.7 Å². The molecule has 0 aromatic heterocycles. The maximum absolute atomic E-state index is 11.6. The number of carbonyl (C=O) groups is 2. The number of rotatable bonds is 7. The van der Waals surface area contributed by atoms with Gasteiger partial charge >= 0.3 is 12.0 Å². The molecule has 0 bridgehead atoms. The molecule has 2 amide bonds. The Bertz CT molecular complexity index is 458. The van der Waals surface area contributed by atoms with Crippen molar-refractivity contribution in [2.45, 2.75) is 18.4 Å². The number of ether oxygens (including phenoxy) is 1. The van der Waals surface area contributed by atoms with Crippen LogP contribution < -0.4 is 15.4 Å². The molecular formula is C10H19N3O6S. The summed E-state index contributed by atoms with van der Waals surface area (Å²) in [6, 6.07) is -0.614. The van der Waals surface area contributed by atoms with Crippen molar-refractivity contribution in [3.8, 4) is 0 Å². The maximum Gasteiger partial charge on any atom is 0.332 e. The number of carboxylic acids is 1. The highest BCUT2D eigenvalue weighted by Crippen LogP contribution is 2.18. The van der Waals surface area contributed by atoms with Gasteiger partial charge in [0, 0.05) is 26.1 Å². The van der Waals surface area contributed by atoms with Gasteiger partial charge in [-0.1, -0.05) is 0 Å². The van der Waals surface area contributed by atoms with E-state index in [1.165, 1.54) is 0 Å². The molecule has 1 aliphatic heterocycles. The lowest BCUT2D eigenvalue weighted by molar-refractivity contribution is -0.144. The van der Waals surface area contributed by atoms with E-state index >= 15 is 0 Å².